The quantitative estimate of drug-likeness (QED) is 0.255. The molecular formula is C19H20O9. The molecule has 0 aliphatic rings. The van der Waals surface area contributed by atoms with Gasteiger partial charge in [-0.05, 0) is 42.3 Å². The Morgan fingerprint density at radius 3 is 2.04 bits per heavy atom. The maximum atomic E-state index is 11.3. The minimum Gasteiger partial charge on any atom is -0.504 e. The molecule has 0 bridgehead atoms. The van der Waals surface area contributed by atoms with Gasteiger partial charge >= 0.3 is 11.9 Å². The number of phenolic OH excluding ortho intramolecular Hbond substituents is 5. The van der Waals surface area contributed by atoms with Crippen molar-refractivity contribution in [2.45, 2.75) is 13.3 Å². The lowest BCUT2D eigenvalue weighted by atomic mass is 10.2. The van der Waals surface area contributed by atoms with Gasteiger partial charge in [-0.1, -0.05) is 13.0 Å². The molecule has 0 radical (unpaired) electrons. The van der Waals surface area contributed by atoms with Crippen LogP contribution in [0.4, 0.5) is 0 Å². The highest BCUT2D eigenvalue weighted by Crippen LogP contribution is 2.35. The molecule has 0 aliphatic heterocycles. The zero-order valence-corrected chi connectivity index (χ0v) is 14.9. The van der Waals surface area contributed by atoms with Gasteiger partial charge in [0.05, 0.1) is 12.2 Å². The molecule has 150 valence electrons. The minimum absolute atomic E-state index is 0.00347. The molecule has 2 aromatic carbocycles. The zero-order valence-electron chi connectivity index (χ0n) is 14.9. The van der Waals surface area contributed by atoms with Crippen LogP contribution in [0.25, 0.3) is 6.08 Å². The number of aromatic hydroxyl groups is 5. The van der Waals surface area contributed by atoms with Crippen LogP contribution in [0.1, 0.15) is 29.3 Å². The molecule has 0 aromatic heterocycles. The summed E-state index contributed by atoms with van der Waals surface area (Å²) >= 11 is 0. The van der Waals surface area contributed by atoms with Gasteiger partial charge in [-0.2, -0.15) is 0 Å². The van der Waals surface area contributed by atoms with Crippen LogP contribution in [0.5, 0.6) is 28.7 Å². The van der Waals surface area contributed by atoms with Crippen LogP contribution in [0.15, 0.2) is 36.4 Å². The van der Waals surface area contributed by atoms with Crippen LogP contribution < -0.4 is 0 Å². The molecule has 0 amide bonds. The lowest BCUT2D eigenvalue weighted by molar-refractivity contribution is -0.131. The van der Waals surface area contributed by atoms with Crippen LogP contribution in [-0.4, -0.2) is 49.2 Å². The van der Waals surface area contributed by atoms with Crippen LogP contribution in [0, 0.1) is 0 Å². The number of rotatable bonds is 5. The normalized spacial score (nSPS) is 10.2. The molecule has 0 aliphatic carbocycles. The highest BCUT2D eigenvalue weighted by molar-refractivity contribution is 5.91. The van der Waals surface area contributed by atoms with Crippen molar-refractivity contribution in [2.75, 3.05) is 6.61 Å². The van der Waals surface area contributed by atoms with E-state index in [4.69, 9.17) is 35.4 Å². The SMILES string of the molecule is CCCOC(=O)c1cc(O)c(O)c(O)c1.O=C(O)/C=C/c1ccc(O)c(O)c1. The highest BCUT2D eigenvalue weighted by atomic mass is 16.5. The number of esters is 1. The summed E-state index contributed by atoms with van der Waals surface area (Å²) in [5.41, 5.74) is 0.508. The lowest BCUT2D eigenvalue weighted by Crippen LogP contribution is -2.05. The van der Waals surface area contributed by atoms with Crippen molar-refractivity contribution in [1.82, 2.24) is 0 Å². The number of carbonyl (C=O) groups is 2. The van der Waals surface area contributed by atoms with Gasteiger partial charge < -0.3 is 35.4 Å². The second kappa shape index (κ2) is 10.3. The fourth-order valence-corrected chi connectivity index (χ4v) is 1.81. The van der Waals surface area contributed by atoms with Gasteiger partial charge in [0.2, 0.25) is 0 Å². The molecule has 0 atom stereocenters. The minimum atomic E-state index is -1.06. The number of benzene rings is 2. The van der Waals surface area contributed by atoms with Gasteiger partial charge in [-0.3, -0.25) is 0 Å². The molecule has 6 N–H and O–H groups in total. The first-order chi connectivity index (χ1) is 13.1. The average molecular weight is 392 g/mol. The molecule has 0 saturated carbocycles. The van der Waals surface area contributed by atoms with E-state index in [1.165, 1.54) is 24.3 Å². The van der Waals surface area contributed by atoms with E-state index in [2.05, 4.69) is 0 Å². The summed E-state index contributed by atoms with van der Waals surface area (Å²) in [6, 6.07) is 6.13. The zero-order chi connectivity index (χ0) is 21.3. The molecule has 9 nitrogen and oxygen atoms in total. The molecule has 0 saturated heterocycles. The largest absolute Gasteiger partial charge is 0.504 e. The van der Waals surface area contributed by atoms with Gasteiger partial charge in [0.15, 0.2) is 28.7 Å². The number of carboxylic acids is 1. The number of carboxylic acid groups (broad SMARTS) is 1. The maximum absolute atomic E-state index is 11.3. The monoisotopic (exact) mass is 392 g/mol. The third-order valence-electron chi connectivity index (χ3n) is 3.16. The van der Waals surface area contributed by atoms with E-state index in [9.17, 15) is 9.59 Å². The summed E-state index contributed by atoms with van der Waals surface area (Å²) in [5, 5.41) is 53.6. The van der Waals surface area contributed by atoms with Gasteiger partial charge in [-0.15, -0.1) is 0 Å². The van der Waals surface area contributed by atoms with Crippen LogP contribution in [0.3, 0.4) is 0 Å². The predicted molar refractivity (Wildman–Crippen MR) is 98.5 cm³/mol. The molecule has 2 rings (SSSR count). The standard InChI is InChI=1S/C10H12O5.C9H8O4/c1-2-3-15-10(14)6-4-7(11)9(13)8(12)5-6;10-7-3-1-6(5-8(7)11)2-4-9(12)13/h4-5,11-13H,2-3H2,1H3;1-5,10-11H,(H,12,13)/b;4-2+. The van der Waals surface area contributed by atoms with Crippen molar-refractivity contribution in [3.63, 3.8) is 0 Å². The van der Waals surface area contributed by atoms with E-state index in [1.807, 2.05) is 6.92 Å². The van der Waals surface area contributed by atoms with E-state index >= 15 is 0 Å². The van der Waals surface area contributed by atoms with Gasteiger partial charge in [0.1, 0.15) is 0 Å². The summed E-state index contributed by atoms with van der Waals surface area (Å²) in [4.78, 5) is 21.4. The third kappa shape index (κ3) is 6.79. The van der Waals surface area contributed by atoms with Crippen LogP contribution in [0.2, 0.25) is 0 Å². The summed E-state index contributed by atoms with van der Waals surface area (Å²) in [6.45, 7) is 2.11. The Hall–Kier alpha value is -3.88. The van der Waals surface area contributed by atoms with E-state index < -0.39 is 29.2 Å². The Balaban J connectivity index is 0.000000283. The van der Waals surface area contributed by atoms with Gasteiger partial charge in [-0.25, -0.2) is 9.59 Å². The van der Waals surface area contributed by atoms with Crippen molar-refractivity contribution < 1.29 is 45.0 Å². The van der Waals surface area contributed by atoms with Crippen molar-refractivity contribution in [3.8, 4) is 28.7 Å². The molecule has 0 heterocycles. The van der Waals surface area contributed by atoms with Crippen molar-refractivity contribution in [3.05, 3.63) is 47.5 Å². The number of hydrogen-bond acceptors (Lipinski definition) is 8. The Labute approximate surface area is 160 Å². The molecule has 0 fully saturated rings. The average Bonchev–Trinajstić information content (AvgIpc) is 2.65. The topological polar surface area (TPSA) is 165 Å². The Morgan fingerprint density at radius 1 is 0.929 bits per heavy atom. The van der Waals surface area contributed by atoms with E-state index in [0.717, 1.165) is 18.2 Å². The first-order valence-corrected chi connectivity index (χ1v) is 8.00. The molecule has 2 aromatic rings. The Morgan fingerprint density at radius 2 is 1.54 bits per heavy atom. The Kier molecular flexibility index (Phi) is 8.16. The van der Waals surface area contributed by atoms with Crippen LogP contribution in [-0.2, 0) is 9.53 Å². The summed E-state index contributed by atoms with van der Waals surface area (Å²) in [5.74, 6) is -3.98. The first kappa shape index (κ1) is 22.2. The number of carbonyl (C=O) groups excluding carboxylic acids is 1. The molecule has 28 heavy (non-hydrogen) atoms. The van der Waals surface area contributed by atoms with Gasteiger partial charge in [0.25, 0.3) is 0 Å². The summed E-state index contributed by atoms with van der Waals surface area (Å²) < 4.78 is 4.78. The summed E-state index contributed by atoms with van der Waals surface area (Å²) in [7, 11) is 0. The highest BCUT2D eigenvalue weighted by Gasteiger charge is 2.14. The van der Waals surface area contributed by atoms with Gasteiger partial charge in [0, 0.05) is 6.08 Å². The number of phenols is 5. The van der Waals surface area contributed by atoms with Crippen molar-refractivity contribution in [2.24, 2.45) is 0 Å². The maximum Gasteiger partial charge on any atom is 0.338 e. The first-order valence-electron chi connectivity index (χ1n) is 8.00. The predicted octanol–water partition coefficient (Wildman–Crippen LogP) is 2.57. The fraction of sp³-hybridized carbons (Fsp3) is 0.158. The molecule has 0 unspecified atom stereocenters. The number of hydrogen-bond donors (Lipinski definition) is 6. The third-order valence-corrected chi connectivity index (χ3v) is 3.16. The number of ether oxygens (including phenoxy) is 1. The van der Waals surface area contributed by atoms with E-state index in [-0.39, 0.29) is 23.7 Å². The molecule has 9 heteroatoms. The molecule has 0 spiro atoms. The number of aliphatic carboxylic acids is 1. The van der Waals surface area contributed by atoms with Crippen LogP contribution >= 0.6 is 0 Å². The van der Waals surface area contributed by atoms with Crippen molar-refractivity contribution in [1.29, 1.82) is 0 Å². The molecular weight excluding hydrogens is 372 g/mol. The Bertz CT molecular complexity index is 849. The second-order valence-electron chi connectivity index (χ2n) is 5.42. The lowest BCUT2D eigenvalue weighted by Gasteiger charge is -2.05. The van der Waals surface area contributed by atoms with E-state index in [1.54, 1.807) is 0 Å². The smallest absolute Gasteiger partial charge is 0.338 e. The van der Waals surface area contributed by atoms with E-state index in [0.29, 0.717) is 12.0 Å². The fourth-order valence-electron chi connectivity index (χ4n) is 1.81. The summed E-state index contributed by atoms with van der Waals surface area (Å²) in [6.07, 6.45) is 2.95. The second-order valence-corrected chi connectivity index (χ2v) is 5.42. The van der Waals surface area contributed by atoms with Crippen molar-refractivity contribution >= 4 is 18.0 Å².